The number of carbonyl (C=O) groups excluding carboxylic acids is 3. The van der Waals surface area contributed by atoms with Crippen molar-refractivity contribution in [3.05, 3.63) is 6.33 Å². The highest BCUT2D eigenvalue weighted by Crippen LogP contribution is 2.57. The Morgan fingerprint density at radius 2 is 1.79 bits per heavy atom. The molecule has 0 saturated carbocycles. The van der Waals surface area contributed by atoms with Crippen molar-refractivity contribution in [2.75, 3.05) is 32.3 Å². The molecule has 1 fully saturated rings. The summed E-state index contributed by atoms with van der Waals surface area (Å²) in [5.41, 5.74) is 4.22. The lowest BCUT2D eigenvalue weighted by Crippen LogP contribution is -2.45. The number of nitrogen functional groups attached to an aromatic ring is 1. The van der Waals surface area contributed by atoms with Crippen LogP contribution in [0, 0.1) is 0 Å². The zero-order valence-electron chi connectivity index (χ0n) is 27.2. The summed E-state index contributed by atoms with van der Waals surface area (Å²) in [5, 5.41) is 27.4. The average molecular weight is 708 g/mol. The van der Waals surface area contributed by atoms with E-state index in [0.29, 0.717) is 11.4 Å². The lowest BCUT2D eigenvalue weighted by molar-refractivity contribution is -0.150. The second-order valence-corrected chi connectivity index (χ2v) is 15.5. The molecular formula is C26H42N7O12PS. The maximum Gasteiger partial charge on any atom is 0.407 e. The number of anilines is 1. The highest BCUT2D eigenvalue weighted by atomic mass is 32.7. The number of aliphatic hydroxyl groups is 2. The maximum atomic E-state index is 14.2. The Balaban J connectivity index is 1.86. The molecule has 0 bridgehead atoms. The van der Waals surface area contributed by atoms with Gasteiger partial charge in [0.05, 0.1) is 39.4 Å². The molecule has 1 amide bonds. The molecule has 19 nitrogen and oxygen atoms in total. The van der Waals surface area contributed by atoms with E-state index in [1.165, 1.54) is 31.9 Å². The molecular weight excluding hydrogens is 665 g/mol. The van der Waals surface area contributed by atoms with E-state index in [1.807, 2.05) is 0 Å². The fourth-order valence-corrected chi connectivity index (χ4v) is 8.21. The quantitative estimate of drug-likeness (QED) is 0.0978. The minimum Gasteiger partial charge on any atom is -0.479 e. The van der Waals surface area contributed by atoms with Gasteiger partial charge in [0.2, 0.25) is 11.8 Å². The summed E-state index contributed by atoms with van der Waals surface area (Å²) < 4.78 is 47.5. The number of imidazole rings is 1. The molecule has 0 aromatic carbocycles. The molecule has 3 rings (SSSR count). The predicted molar refractivity (Wildman–Crippen MR) is 167 cm³/mol. The van der Waals surface area contributed by atoms with Crippen molar-refractivity contribution in [3.8, 4) is 5.88 Å². The summed E-state index contributed by atoms with van der Waals surface area (Å²) in [6.07, 6.45) is -4.80. The van der Waals surface area contributed by atoms with Crippen LogP contribution in [0.2, 0.25) is 0 Å². The van der Waals surface area contributed by atoms with Crippen LogP contribution in [0.4, 0.5) is 10.7 Å². The number of rotatable bonds is 15. The molecule has 47 heavy (non-hydrogen) atoms. The second-order valence-electron chi connectivity index (χ2n) is 11.2. The molecule has 0 aliphatic carbocycles. The van der Waals surface area contributed by atoms with E-state index in [0.717, 1.165) is 7.11 Å². The molecule has 2 aromatic heterocycles. The van der Waals surface area contributed by atoms with E-state index in [-0.39, 0.29) is 28.7 Å². The Labute approximate surface area is 274 Å². The molecule has 1 saturated heterocycles. The number of carbonyl (C=O) groups is 3. The van der Waals surface area contributed by atoms with E-state index >= 15 is 0 Å². The van der Waals surface area contributed by atoms with Gasteiger partial charge in [-0.05, 0) is 41.5 Å². The third-order valence-electron chi connectivity index (χ3n) is 6.60. The number of nitrogens with two attached hydrogens (primary N) is 1. The van der Waals surface area contributed by atoms with Gasteiger partial charge >= 0.3 is 24.8 Å². The average Bonchev–Trinajstić information content (AvgIpc) is 3.49. The molecule has 2 aromatic rings. The fraction of sp³-hybridized carbons (Fsp3) is 0.692. The van der Waals surface area contributed by atoms with Crippen molar-refractivity contribution in [1.29, 1.82) is 0 Å². The minimum atomic E-state index is -4.19. The number of nitrogens with zero attached hydrogens (tertiary/aromatic N) is 4. The number of ether oxygens (including phenoxy) is 5. The van der Waals surface area contributed by atoms with E-state index in [4.69, 9.17) is 29.2 Å². The summed E-state index contributed by atoms with van der Waals surface area (Å²) in [5.74, 6) is -1.98. The van der Waals surface area contributed by atoms with Gasteiger partial charge in [0.25, 0.3) is 0 Å². The lowest BCUT2D eigenvalue weighted by atomic mass is 9.96. The van der Waals surface area contributed by atoms with Crippen molar-refractivity contribution in [2.24, 2.45) is 0 Å². The number of hydrogen-bond donors (Lipinski definition) is 5. The monoisotopic (exact) mass is 707 g/mol. The Morgan fingerprint density at radius 1 is 1.15 bits per heavy atom. The molecule has 1 aliphatic rings. The molecule has 0 spiro atoms. The molecule has 264 valence electrons. The number of hydrogen-bond acceptors (Lipinski definition) is 17. The first-order chi connectivity index (χ1) is 21.9. The molecule has 7 atom stereocenters. The number of aromatic nitrogens is 4. The number of methoxy groups -OCH3 is 2. The normalized spacial score (nSPS) is 23.7. The summed E-state index contributed by atoms with van der Waals surface area (Å²) in [6.45, 7) is 4.44. The van der Waals surface area contributed by atoms with E-state index in [1.54, 1.807) is 27.7 Å². The summed E-state index contributed by atoms with van der Waals surface area (Å²) in [7, 11) is 2.47. The van der Waals surface area contributed by atoms with Crippen LogP contribution < -0.4 is 20.9 Å². The number of aliphatic hydroxyl groups excluding tert-OH is 1. The molecule has 21 heteroatoms. The van der Waals surface area contributed by atoms with E-state index in [2.05, 4.69) is 30.1 Å². The second kappa shape index (κ2) is 15.8. The van der Waals surface area contributed by atoms with E-state index in [9.17, 15) is 29.2 Å². The first-order valence-electron chi connectivity index (χ1n) is 14.4. The van der Waals surface area contributed by atoms with Crippen LogP contribution in [0.3, 0.4) is 0 Å². The van der Waals surface area contributed by atoms with Crippen molar-refractivity contribution in [1.82, 2.24) is 29.9 Å². The van der Waals surface area contributed by atoms with Crippen LogP contribution in [0.25, 0.3) is 11.2 Å². The van der Waals surface area contributed by atoms with Crippen LogP contribution in [0.5, 0.6) is 5.88 Å². The largest absolute Gasteiger partial charge is 0.479 e. The van der Waals surface area contributed by atoms with Gasteiger partial charge in [0.1, 0.15) is 29.9 Å². The molecule has 6 N–H and O–H groups in total. The highest BCUT2D eigenvalue weighted by Gasteiger charge is 2.54. The van der Waals surface area contributed by atoms with Crippen LogP contribution in [-0.4, -0.2) is 116 Å². The Bertz CT molecular complexity index is 1480. The predicted octanol–water partition coefficient (Wildman–Crippen LogP) is 0.890. The summed E-state index contributed by atoms with van der Waals surface area (Å²) >= 11 is 0.579. The minimum absolute atomic E-state index is 0.0794. The number of alkyl carbamates (subject to hydrolysis) is 1. The zero-order chi connectivity index (χ0) is 35.3. The summed E-state index contributed by atoms with van der Waals surface area (Å²) in [6, 6.07) is -2.49. The van der Waals surface area contributed by atoms with Gasteiger partial charge in [-0.25, -0.2) is 19.7 Å². The topological polar surface area (TPSA) is 258 Å². The first kappa shape index (κ1) is 38.2. The van der Waals surface area contributed by atoms with Gasteiger partial charge in [-0.2, -0.15) is 9.97 Å². The standard InChI is InChI=1S/C26H42N7O12PS/c1-12(2)43-21(35)14(5)32-46(39,47-10-15(29-25(37)41-8)22(36)44-13(3)4)42-9-16-18(34)26(6,38)23(45-16)33-11-28-17-19(33)30-24(27)31-20(17)40-7/h11-16,18,23,34,38H,9-10H2,1-8H3,(H,29,37)(H,32,39)(H2,27,30,31)/t14-,15?,16?,18+,23?,26+,46?/m0/s1. The molecule has 3 heterocycles. The molecule has 4 unspecified atom stereocenters. The summed E-state index contributed by atoms with van der Waals surface area (Å²) in [4.78, 5) is 49.6. The third-order valence-corrected chi connectivity index (χ3v) is 10.7. The van der Waals surface area contributed by atoms with Crippen molar-refractivity contribution < 1.29 is 57.4 Å². The Morgan fingerprint density at radius 3 is 2.38 bits per heavy atom. The van der Waals surface area contributed by atoms with Gasteiger partial charge in [-0.15, -0.1) is 0 Å². The van der Waals surface area contributed by atoms with Gasteiger partial charge in [0, 0.05) is 5.75 Å². The number of esters is 2. The Hall–Kier alpha value is -3.26. The van der Waals surface area contributed by atoms with Crippen molar-refractivity contribution >= 4 is 53.2 Å². The van der Waals surface area contributed by atoms with Gasteiger partial charge < -0.3 is 49.5 Å². The number of nitrogens with one attached hydrogen (secondary N) is 2. The van der Waals surface area contributed by atoms with Gasteiger partial charge in [-0.3, -0.25) is 13.9 Å². The fourth-order valence-electron chi connectivity index (χ4n) is 4.36. The van der Waals surface area contributed by atoms with Crippen LogP contribution in [0.1, 0.15) is 47.8 Å². The molecule has 1 aliphatic heterocycles. The van der Waals surface area contributed by atoms with Crippen LogP contribution in [0.15, 0.2) is 6.33 Å². The number of amides is 1. The van der Waals surface area contributed by atoms with Crippen molar-refractivity contribution in [2.45, 2.75) is 89.9 Å². The first-order valence-corrected chi connectivity index (χ1v) is 17.7. The van der Waals surface area contributed by atoms with Crippen LogP contribution >= 0.6 is 18.1 Å². The van der Waals surface area contributed by atoms with Crippen LogP contribution in [-0.2, 0) is 37.6 Å². The highest BCUT2D eigenvalue weighted by molar-refractivity contribution is 8.56. The lowest BCUT2D eigenvalue weighted by Gasteiger charge is -2.27. The SMILES string of the molecule is COC(=O)NC(CSP(=O)(N[C@@H](C)C(=O)OC(C)C)OCC1OC(n2cnc3c(OC)nc(N)nc32)[C@](C)(O)[C@@H]1O)C(=O)OC(C)C. The van der Waals surface area contributed by atoms with Gasteiger partial charge in [0.15, 0.2) is 17.4 Å². The smallest absolute Gasteiger partial charge is 0.407 e. The maximum absolute atomic E-state index is 14.2. The van der Waals surface area contributed by atoms with Crippen molar-refractivity contribution in [3.63, 3.8) is 0 Å². The number of fused-ring (bicyclic) bond motifs is 1. The zero-order valence-corrected chi connectivity index (χ0v) is 28.9. The Kier molecular flexibility index (Phi) is 12.8. The third kappa shape index (κ3) is 9.43. The molecule has 0 radical (unpaired) electrons. The van der Waals surface area contributed by atoms with Gasteiger partial charge in [-0.1, -0.05) is 11.4 Å². The van der Waals surface area contributed by atoms with E-state index < -0.39 is 79.7 Å².